The number of methoxy groups -OCH3 is 1. The molecule has 0 aliphatic rings. The van der Waals surface area contributed by atoms with Gasteiger partial charge in [0.1, 0.15) is 11.8 Å². The fraction of sp³-hybridized carbons (Fsp3) is 0.118. The highest BCUT2D eigenvalue weighted by Gasteiger charge is 2.09. The van der Waals surface area contributed by atoms with E-state index in [1.165, 1.54) is 0 Å². The van der Waals surface area contributed by atoms with Crippen LogP contribution in [0.15, 0.2) is 43.0 Å². The van der Waals surface area contributed by atoms with E-state index in [1.54, 1.807) is 19.2 Å². The molecule has 0 heterocycles. The Balaban J connectivity index is 2.55. The monoisotopic (exact) mass is 283 g/mol. The molecule has 0 aliphatic carbocycles. The Kier molecular flexibility index (Phi) is 4.12. The Morgan fingerprint density at radius 1 is 1.25 bits per heavy atom. The van der Waals surface area contributed by atoms with Gasteiger partial charge in [0.05, 0.1) is 17.7 Å². The van der Waals surface area contributed by atoms with Gasteiger partial charge in [0.25, 0.3) is 0 Å². The van der Waals surface area contributed by atoms with Gasteiger partial charge < -0.3 is 4.74 Å². The number of hydrogen-bond acceptors (Lipinski definition) is 2. The minimum Gasteiger partial charge on any atom is -0.496 e. The molecule has 0 saturated carbocycles. The van der Waals surface area contributed by atoms with Gasteiger partial charge in [-0.3, -0.25) is 0 Å². The summed E-state index contributed by atoms with van der Waals surface area (Å²) >= 11 is 6.08. The van der Waals surface area contributed by atoms with Gasteiger partial charge in [-0.25, -0.2) is 0 Å². The van der Waals surface area contributed by atoms with Crippen LogP contribution in [-0.4, -0.2) is 7.11 Å². The fourth-order valence-electron chi connectivity index (χ4n) is 1.97. The van der Waals surface area contributed by atoms with E-state index in [1.807, 2.05) is 31.2 Å². The van der Waals surface area contributed by atoms with E-state index in [2.05, 4.69) is 12.6 Å². The van der Waals surface area contributed by atoms with Crippen LogP contribution in [0.1, 0.15) is 18.1 Å². The van der Waals surface area contributed by atoms with Gasteiger partial charge in [0, 0.05) is 5.56 Å². The number of benzene rings is 2. The van der Waals surface area contributed by atoms with Crippen molar-refractivity contribution in [3.05, 3.63) is 59.1 Å². The highest BCUT2D eigenvalue weighted by molar-refractivity contribution is 6.32. The summed E-state index contributed by atoms with van der Waals surface area (Å²) in [5.41, 5.74) is 4.33. The summed E-state index contributed by atoms with van der Waals surface area (Å²) in [6.45, 7) is 5.88. The van der Waals surface area contributed by atoms with Crippen LogP contribution >= 0.6 is 11.6 Å². The average molecular weight is 284 g/mol. The molecule has 2 rings (SSSR count). The second-order valence-corrected chi connectivity index (χ2v) is 4.91. The molecular weight excluding hydrogens is 270 g/mol. The third-order valence-electron chi connectivity index (χ3n) is 3.09. The van der Waals surface area contributed by atoms with Crippen LogP contribution in [0.25, 0.3) is 16.7 Å². The van der Waals surface area contributed by atoms with E-state index in [4.69, 9.17) is 21.6 Å². The van der Waals surface area contributed by atoms with Gasteiger partial charge in [-0.05, 0) is 36.2 Å². The van der Waals surface area contributed by atoms with Gasteiger partial charge in [0.2, 0.25) is 0 Å². The van der Waals surface area contributed by atoms with Crippen LogP contribution in [0, 0.1) is 11.3 Å². The maximum atomic E-state index is 8.91. The van der Waals surface area contributed by atoms with E-state index >= 15 is 0 Å². The summed E-state index contributed by atoms with van der Waals surface area (Å²) in [7, 11) is 1.63. The maximum Gasteiger partial charge on any atom is 0.127 e. The van der Waals surface area contributed by atoms with E-state index in [9.17, 15) is 0 Å². The smallest absolute Gasteiger partial charge is 0.127 e. The van der Waals surface area contributed by atoms with Crippen LogP contribution in [0.3, 0.4) is 0 Å². The molecule has 0 radical (unpaired) electrons. The molecule has 2 nitrogen and oxygen atoms in total. The molecule has 2 aromatic rings. The average Bonchev–Trinajstić information content (AvgIpc) is 2.46. The lowest BCUT2D eigenvalue weighted by Crippen LogP contribution is -1.90. The van der Waals surface area contributed by atoms with Crippen LogP contribution in [-0.2, 0) is 0 Å². The molecule has 2 aromatic carbocycles. The Morgan fingerprint density at radius 3 is 2.55 bits per heavy atom. The van der Waals surface area contributed by atoms with Gasteiger partial charge in [-0.1, -0.05) is 42.0 Å². The second-order valence-electron chi connectivity index (χ2n) is 4.50. The first-order valence-electron chi connectivity index (χ1n) is 6.10. The van der Waals surface area contributed by atoms with E-state index in [0.29, 0.717) is 10.6 Å². The third-order valence-corrected chi connectivity index (χ3v) is 3.41. The van der Waals surface area contributed by atoms with Crippen LogP contribution in [0.2, 0.25) is 5.02 Å². The molecule has 0 spiro atoms. The number of halogens is 1. The quantitative estimate of drug-likeness (QED) is 0.801. The number of allylic oxidation sites excluding steroid dienone is 1. The number of nitrogens with zero attached hydrogens (tertiary/aromatic N) is 1. The molecule has 0 aliphatic heterocycles. The van der Waals surface area contributed by atoms with Crippen molar-refractivity contribution >= 4 is 17.2 Å². The standard InChI is InChI=1S/C17H14ClNO/c1-11(2)12-6-7-15(17(9-12)20-3)13-4-5-14(10-19)16(18)8-13/h4-9H,1H2,2-3H3. The lowest BCUT2D eigenvalue weighted by molar-refractivity contribution is 0.416. The topological polar surface area (TPSA) is 33.0 Å². The highest BCUT2D eigenvalue weighted by Crippen LogP contribution is 2.34. The predicted molar refractivity (Wildman–Crippen MR) is 82.9 cm³/mol. The van der Waals surface area contributed by atoms with Crippen molar-refractivity contribution in [2.45, 2.75) is 6.92 Å². The molecule has 0 N–H and O–H groups in total. The lowest BCUT2D eigenvalue weighted by Gasteiger charge is -2.11. The zero-order valence-corrected chi connectivity index (χ0v) is 12.2. The molecule has 20 heavy (non-hydrogen) atoms. The van der Waals surface area contributed by atoms with Crippen LogP contribution in [0.4, 0.5) is 0 Å². The van der Waals surface area contributed by atoms with Crippen LogP contribution in [0.5, 0.6) is 5.75 Å². The SMILES string of the molecule is C=C(C)c1ccc(-c2ccc(C#N)c(Cl)c2)c(OC)c1. The maximum absolute atomic E-state index is 8.91. The molecule has 0 bridgehead atoms. The number of ether oxygens (including phenoxy) is 1. The van der Waals surface area contributed by atoms with Gasteiger partial charge >= 0.3 is 0 Å². The Bertz CT molecular complexity index is 713. The second kappa shape index (κ2) is 5.81. The molecule has 100 valence electrons. The summed E-state index contributed by atoms with van der Waals surface area (Å²) in [6.07, 6.45) is 0. The number of rotatable bonds is 3. The molecular formula is C17H14ClNO. The molecule has 0 amide bonds. The van der Waals surface area contributed by atoms with E-state index in [0.717, 1.165) is 28.0 Å². The van der Waals surface area contributed by atoms with E-state index < -0.39 is 0 Å². The zero-order valence-electron chi connectivity index (χ0n) is 11.4. The zero-order chi connectivity index (χ0) is 14.7. The van der Waals surface area contributed by atoms with Crippen molar-refractivity contribution < 1.29 is 4.74 Å². The van der Waals surface area contributed by atoms with Crippen molar-refractivity contribution in [3.63, 3.8) is 0 Å². The largest absolute Gasteiger partial charge is 0.496 e. The van der Waals surface area contributed by atoms with Crippen molar-refractivity contribution in [2.24, 2.45) is 0 Å². The Morgan fingerprint density at radius 2 is 2.00 bits per heavy atom. The molecule has 0 fully saturated rings. The fourth-order valence-corrected chi connectivity index (χ4v) is 2.19. The van der Waals surface area contributed by atoms with Crippen molar-refractivity contribution in [1.82, 2.24) is 0 Å². The first kappa shape index (κ1) is 14.2. The minimum absolute atomic E-state index is 0.441. The lowest BCUT2D eigenvalue weighted by atomic mass is 9.99. The van der Waals surface area contributed by atoms with Crippen molar-refractivity contribution in [1.29, 1.82) is 5.26 Å². The van der Waals surface area contributed by atoms with E-state index in [-0.39, 0.29) is 0 Å². The van der Waals surface area contributed by atoms with Gasteiger partial charge in [-0.2, -0.15) is 5.26 Å². The normalized spacial score (nSPS) is 9.90. The summed E-state index contributed by atoms with van der Waals surface area (Å²) in [5, 5.41) is 9.35. The van der Waals surface area contributed by atoms with Crippen molar-refractivity contribution in [3.8, 4) is 22.9 Å². The predicted octanol–water partition coefficient (Wildman–Crippen LogP) is 4.92. The van der Waals surface area contributed by atoms with Gasteiger partial charge in [0.15, 0.2) is 0 Å². The summed E-state index contributed by atoms with van der Waals surface area (Å²) < 4.78 is 5.44. The highest BCUT2D eigenvalue weighted by atomic mass is 35.5. The molecule has 3 heteroatoms. The van der Waals surface area contributed by atoms with Crippen LogP contribution < -0.4 is 4.74 Å². The number of hydrogen-bond donors (Lipinski definition) is 0. The summed E-state index contributed by atoms with van der Waals surface area (Å²) in [5.74, 6) is 0.756. The first-order chi connectivity index (χ1) is 9.56. The molecule has 0 unspecified atom stereocenters. The molecule has 0 saturated heterocycles. The van der Waals surface area contributed by atoms with Gasteiger partial charge in [-0.15, -0.1) is 0 Å². The molecule has 0 aromatic heterocycles. The Hall–Kier alpha value is -2.24. The molecule has 0 atom stereocenters. The summed E-state index contributed by atoms with van der Waals surface area (Å²) in [4.78, 5) is 0. The minimum atomic E-state index is 0.441. The van der Waals surface area contributed by atoms with Crippen molar-refractivity contribution in [2.75, 3.05) is 7.11 Å². The first-order valence-corrected chi connectivity index (χ1v) is 6.48. The third kappa shape index (κ3) is 2.68. The Labute approximate surface area is 123 Å². The summed E-state index contributed by atoms with van der Waals surface area (Å²) in [6, 6.07) is 13.3. The number of nitriles is 1.